The summed E-state index contributed by atoms with van der Waals surface area (Å²) in [4.78, 5) is 0. The van der Waals surface area contributed by atoms with Gasteiger partial charge in [0, 0.05) is 5.92 Å². The fourth-order valence-electron chi connectivity index (χ4n) is 1.33. The molecule has 0 aliphatic heterocycles. The van der Waals surface area contributed by atoms with Crippen molar-refractivity contribution in [2.45, 2.75) is 25.3 Å². The van der Waals surface area contributed by atoms with Crippen LogP contribution in [0, 0.1) is 11.8 Å². The normalized spacial score (nSPS) is 14.2. The molecule has 2 unspecified atom stereocenters. The second-order valence-corrected chi connectivity index (χ2v) is 3.10. The highest BCUT2D eigenvalue weighted by Gasteiger charge is 2.16. The average Bonchev–Trinajstić information content (AvgIpc) is 2.67. The Morgan fingerprint density at radius 3 is 2.93 bits per heavy atom. The first-order chi connectivity index (χ1) is 6.77. The Morgan fingerprint density at radius 2 is 2.43 bits per heavy atom. The van der Waals surface area contributed by atoms with Crippen LogP contribution in [-0.2, 0) is 0 Å². The van der Waals surface area contributed by atoms with E-state index in [0.29, 0.717) is 12.2 Å². The van der Waals surface area contributed by atoms with Gasteiger partial charge in [0.15, 0.2) is 0 Å². The monoisotopic (exact) mass is 195 g/mol. The fourth-order valence-corrected chi connectivity index (χ4v) is 1.33. The lowest BCUT2D eigenvalue weighted by atomic mass is 9.99. The predicted octanol–water partition coefficient (Wildman–Crippen LogP) is 2.07. The number of rotatable bonds is 4. The lowest BCUT2D eigenvalue weighted by Gasteiger charge is -2.11. The maximum Gasteiger partial charge on any atom is 0.109 e. The molecule has 0 bridgehead atoms. The minimum absolute atomic E-state index is 0.277. The number of hydrogen-bond donors (Lipinski definition) is 1. The standard InChI is InChI=1S/C11H14FNO/c1-2-4-10(13)7-9(8-12)11-5-3-6-14-11/h3,5-6,9-10H,7-8,13H2,1H3. The van der Waals surface area contributed by atoms with Crippen molar-refractivity contribution in [3.63, 3.8) is 0 Å². The highest BCUT2D eigenvalue weighted by molar-refractivity contribution is 5.10. The van der Waals surface area contributed by atoms with Crippen LogP contribution in [0.1, 0.15) is 25.0 Å². The predicted molar refractivity (Wildman–Crippen MR) is 53.5 cm³/mol. The van der Waals surface area contributed by atoms with Gasteiger partial charge in [-0.15, -0.1) is 5.92 Å². The van der Waals surface area contributed by atoms with Gasteiger partial charge < -0.3 is 10.2 Å². The van der Waals surface area contributed by atoms with E-state index in [2.05, 4.69) is 11.8 Å². The molecule has 0 fully saturated rings. The fraction of sp³-hybridized carbons (Fsp3) is 0.455. The average molecular weight is 195 g/mol. The Labute approximate surface area is 83.3 Å². The quantitative estimate of drug-likeness (QED) is 0.747. The third kappa shape index (κ3) is 2.90. The van der Waals surface area contributed by atoms with E-state index >= 15 is 0 Å². The third-order valence-corrected chi connectivity index (χ3v) is 2.00. The molecule has 1 rings (SSSR count). The first-order valence-electron chi connectivity index (χ1n) is 4.55. The van der Waals surface area contributed by atoms with Gasteiger partial charge in [-0.2, -0.15) is 0 Å². The molecule has 0 aromatic carbocycles. The van der Waals surface area contributed by atoms with Crippen LogP contribution in [-0.4, -0.2) is 12.7 Å². The van der Waals surface area contributed by atoms with Gasteiger partial charge in [-0.25, -0.2) is 0 Å². The SMILES string of the molecule is CC#CC(N)CC(CF)c1ccco1. The number of halogens is 1. The minimum Gasteiger partial charge on any atom is -0.469 e. The first-order valence-corrected chi connectivity index (χ1v) is 4.55. The molecular weight excluding hydrogens is 181 g/mol. The number of alkyl halides is 1. The van der Waals surface area contributed by atoms with Crippen molar-refractivity contribution in [3.8, 4) is 11.8 Å². The van der Waals surface area contributed by atoms with Gasteiger partial charge in [-0.1, -0.05) is 5.92 Å². The van der Waals surface area contributed by atoms with Crippen LogP contribution in [0.5, 0.6) is 0 Å². The van der Waals surface area contributed by atoms with Crippen molar-refractivity contribution >= 4 is 0 Å². The van der Waals surface area contributed by atoms with Crippen LogP contribution >= 0.6 is 0 Å². The van der Waals surface area contributed by atoms with Crippen molar-refractivity contribution in [3.05, 3.63) is 24.2 Å². The van der Waals surface area contributed by atoms with Gasteiger partial charge in [0.2, 0.25) is 0 Å². The Balaban J connectivity index is 2.59. The largest absolute Gasteiger partial charge is 0.469 e. The zero-order valence-corrected chi connectivity index (χ0v) is 8.16. The van der Waals surface area contributed by atoms with Gasteiger partial charge >= 0.3 is 0 Å². The van der Waals surface area contributed by atoms with Crippen LogP contribution in [0.3, 0.4) is 0 Å². The van der Waals surface area contributed by atoms with E-state index in [-0.39, 0.29) is 12.0 Å². The molecule has 76 valence electrons. The van der Waals surface area contributed by atoms with Crippen molar-refractivity contribution in [2.24, 2.45) is 5.73 Å². The molecule has 0 radical (unpaired) electrons. The zero-order chi connectivity index (χ0) is 10.4. The van der Waals surface area contributed by atoms with Crippen LogP contribution in [0.2, 0.25) is 0 Å². The summed E-state index contributed by atoms with van der Waals surface area (Å²) in [6.45, 7) is 1.25. The van der Waals surface area contributed by atoms with Gasteiger partial charge in [0.25, 0.3) is 0 Å². The maximum absolute atomic E-state index is 12.7. The maximum atomic E-state index is 12.7. The zero-order valence-electron chi connectivity index (χ0n) is 8.16. The van der Waals surface area contributed by atoms with Gasteiger partial charge in [-0.05, 0) is 25.5 Å². The molecule has 0 aliphatic rings. The molecule has 1 aromatic rings. The number of nitrogens with two attached hydrogens (primary N) is 1. The van der Waals surface area contributed by atoms with E-state index < -0.39 is 6.67 Å². The molecule has 14 heavy (non-hydrogen) atoms. The van der Waals surface area contributed by atoms with E-state index in [1.54, 1.807) is 19.1 Å². The second kappa shape index (κ2) is 5.46. The Bertz CT molecular complexity index is 310. The van der Waals surface area contributed by atoms with E-state index in [9.17, 15) is 4.39 Å². The lowest BCUT2D eigenvalue weighted by molar-refractivity contribution is 0.356. The summed E-state index contributed by atoms with van der Waals surface area (Å²) in [5.41, 5.74) is 5.68. The molecule has 1 heterocycles. The lowest BCUT2D eigenvalue weighted by Crippen LogP contribution is -2.21. The highest BCUT2D eigenvalue weighted by Crippen LogP contribution is 2.21. The van der Waals surface area contributed by atoms with E-state index in [1.807, 2.05) is 0 Å². The summed E-state index contributed by atoms with van der Waals surface area (Å²) in [5.74, 6) is 5.87. The van der Waals surface area contributed by atoms with E-state index in [0.717, 1.165) is 0 Å². The Morgan fingerprint density at radius 1 is 1.64 bits per heavy atom. The smallest absolute Gasteiger partial charge is 0.109 e. The number of furan rings is 1. The molecule has 0 spiro atoms. The third-order valence-electron chi connectivity index (χ3n) is 2.00. The molecule has 3 heteroatoms. The van der Waals surface area contributed by atoms with Crippen LogP contribution in [0.4, 0.5) is 4.39 Å². The molecule has 1 aromatic heterocycles. The highest BCUT2D eigenvalue weighted by atomic mass is 19.1. The Kier molecular flexibility index (Phi) is 4.21. The summed E-state index contributed by atoms with van der Waals surface area (Å²) in [7, 11) is 0. The summed E-state index contributed by atoms with van der Waals surface area (Å²) < 4.78 is 17.8. The second-order valence-electron chi connectivity index (χ2n) is 3.10. The van der Waals surface area contributed by atoms with Crippen molar-refractivity contribution in [1.82, 2.24) is 0 Å². The van der Waals surface area contributed by atoms with Crippen LogP contribution in [0.15, 0.2) is 22.8 Å². The van der Waals surface area contributed by atoms with Gasteiger partial charge in [-0.3, -0.25) is 4.39 Å². The molecule has 2 N–H and O–H groups in total. The number of hydrogen-bond acceptors (Lipinski definition) is 2. The molecule has 0 amide bonds. The molecule has 2 nitrogen and oxygen atoms in total. The van der Waals surface area contributed by atoms with E-state index in [1.165, 1.54) is 6.26 Å². The molecule has 2 atom stereocenters. The molecule has 0 aliphatic carbocycles. The minimum atomic E-state index is -0.466. The summed E-state index contributed by atoms with van der Waals surface area (Å²) in [6.07, 6.45) is 2.03. The van der Waals surface area contributed by atoms with E-state index in [4.69, 9.17) is 10.2 Å². The summed E-state index contributed by atoms with van der Waals surface area (Å²) in [6, 6.07) is 3.22. The van der Waals surface area contributed by atoms with Crippen LogP contribution < -0.4 is 5.73 Å². The van der Waals surface area contributed by atoms with Crippen LogP contribution in [0.25, 0.3) is 0 Å². The first kappa shape index (κ1) is 10.8. The van der Waals surface area contributed by atoms with Crippen molar-refractivity contribution in [1.29, 1.82) is 0 Å². The van der Waals surface area contributed by atoms with Gasteiger partial charge in [0.05, 0.1) is 19.0 Å². The topological polar surface area (TPSA) is 39.2 Å². The Hall–Kier alpha value is -1.27. The molecule has 0 saturated heterocycles. The molecule has 0 saturated carbocycles. The molecular formula is C11H14FNO. The van der Waals surface area contributed by atoms with Crippen molar-refractivity contribution in [2.75, 3.05) is 6.67 Å². The van der Waals surface area contributed by atoms with Gasteiger partial charge in [0.1, 0.15) is 5.76 Å². The summed E-state index contributed by atoms with van der Waals surface area (Å²) >= 11 is 0. The summed E-state index contributed by atoms with van der Waals surface area (Å²) in [5, 5.41) is 0. The van der Waals surface area contributed by atoms with Crippen molar-refractivity contribution < 1.29 is 8.81 Å².